The second kappa shape index (κ2) is 7.99. The highest BCUT2D eigenvalue weighted by molar-refractivity contribution is 9.10. The minimum atomic E-state index is -4.76. The van der Waals surface area contributed by atoms with Gasteiger partial charge in [0.2, 0.25) is 5.60 Å². The highest BCUT2D eigenvalue weighted by atomic mass is 79.9. The molecule has 4 nitrogen and oxygen atoms in total. The lowest BCUT2D eigenvalue weighted by Gasteiger charge is -2.30. The van der Waals surface area contributed by atoms with E-state index < -0.39 is 11.8 Å². The number of halogens is 6. The molecule has 1 aliphatic heterocycles. The van der Waals surface area contributed by atoms with Crippen molar-refractivity contribution in [3.8, 4) is 11.8 Å². The first-order valence-corrected chi connectivity index (χ1v) is 10.3. The van der Waals surface area contributed by atoms with E-state index >= 15 is 0 Å². The van der Waals surface area contributed by atoms with Crippen LogP contribution in [0.15, 0.2) is 59.3 Å². The van der Waals surface area contributed by atoms with Crippen LogP contribution in [0.5, 0.6) is 0 Å². The van der Waals surface area contributed by atoms with E-state index in [0.717, 1.165) is 10.5 Å². The Balaban J connectivity index is 1.81. The highest BCUT2D eigenvalue weighted by Crippen LogP contribution is 2.49. The van der Waals surface area contributed by atoms with Gasteiger partial charge in [0.25, 0.3) is 0 Å². The first kappa shape index (κ1) is 21.9. The smallest absolute Gasteiger partial charge is 0.352 e. The van der Waals surface area contributed by atoms with E-state index in [4.69, 9.17) is 27.9 Å². The van der Waals surface area contributed by atoms with E-state index in [2.05, 4.69) is 27.1 Å². The summed E-state index contributed by atoms with van der Waals surface area (Å²) in [6, 6.07) is 10.5. The fourth-order valence-electron chi connectivity index (χ4n) is 3.41. The maximum Gasteiger partial charge on any atom is 0.425 e. The number of benzene rings is 2. The Morgan fingerprint density at radius 1 is 1.16 bits per heavy atom. The number of nitriles is 1. The Kier molecular flexibility index (Phi) is 5.64. The van der Waals surface area contributed by atoms with Crippen molar-refractivity contribution in [3.63, 3.8) is 0 Å². The number of nitrogens with zero attached hydrogens (tertiary/aromatic N) is 3. The number of ether oxygens (including phenoxy) is 1. The molecule has 0 N–H and O–H groups in total. The predicted molar refractivity (Wildman–Crippen MR) is 114 cm³/mol. The molecule has 31 heavy (non-hydrogen) atoms. The van der Waals surface area contributed by atoms with Crippen molar-refractivity contribution in [1.29, 1.82) is 5.26 Å². The van der Waals surface area contributed by atoms with Crippen LogP contribution in [0.2, 0.25) is 10.0 Å². The highest BCUT2D eigenvalue weighted by Gasteiger charge is 2.58. The van der Waals surface area contributed by atoms with Crippen LogP contribution >= 0.6 is 39.1 Å². The lowest BCUT2D eigenvalue weighted by atomic mass is 9.91. The standard InChI is InChI=1S/C21H11BrCl2F3N3O/c22-16-9-29-30(10-16)19-2-1-12(3-13(19)8-28)14-7-20(31-11-14,21(25,26)27)15-4-17(23)6-18(24)5-15/h1-7,9-10H,11H2. The molecule has 1 aliphatic rings. The van der Waals surface area contributed by atoms with E-state index in [-0.39, 0.29) is 33.4 Å². The number of rotatable bonds is 3. The average molecular weight is 529 g/mol. The number of alkyl halides is 3. The molecule has 1 unspecified atom stereocenters. The van der Waals surface area contributed by atoms with E-state index in [1.54, 1.807) is 24.5 Å². The molecule has 0 radical (unpaired) electrons. The summed E-state index contributed by atoms with van der Waals surface area (Å²) in [5.74, 6) is 0. The molecule has 1 atom stereocenters. The minimum Gasteiger partial charge on any atom is -0.352 e. The SMILES string of the molecule is N#Cc1cc(C2=CC(c3cc(Cl)cc(Cl)c3)(C(F)(F)F)OC2)ccc1-n1cc(Br)cn1. The topological polar surface area (TPSA) is 50.8 Å². The summed E-state index contributed by atoms with van der Waals surface area (Å²) in [5.41, 5.74) is -1.44. The van der Waals surface area contributed by atoms with Gasteiger partial charge in [-0.25, -0.2) is 4.68 Å². The minimum absolute atomic E-state index is 0.0677. The molecule has 0 fully saturated rings. The molecule has 158 valence electrons. The Labute approximate surface area is 193 Å². The normalized spacial score (nSPS) is 18.7. The van der Waals surface area contributed by atoms with Crippen molar-refractivity contribution >= 4 is 44.7 Å². The van der Waals surface area contributed by atoms with Crippen LogP contribution in [0, 0.1) is 11.3 Å². The lowest BCUT2D eigenvalue weighted by molar-refractivity contribution is -0.254. The van der Waals surface area contributed by atoms with Gasteiger partial charge in [-0.1, -0.05) is 29.3 Å². The van der Waals surface area contributed by atoms with Gasteiger partial charge in [0.15, 0.2) is 0 Å². The van der Waals surface area contributed by atoms with E-state index in [1.807, 2.05) is 0 Å². The van der Waals surface area contributed by atoms with Crippen molar-refractivity contribution in [3.05, 3.63) is 86.1 Å². The van der Waals surface area contributed by atoms with Gasteiger partial charge in [-0.3, -0.25) is 0 Å². The lowest BCUT2D eigenvalue weighted by Crippen LogP contribution is -2.41. The molecule has 2 aromatic carbocycles. The third kappa shape index (κ3) is 3.99. The molecule has 0 aliphatic carbocycles. The predicted octanol–water partition coefficient (Wildman–Crippen LogP) is 6.68. The van der Waals surface area contributed by atoms with Crippen LogP contribution in [0.1, 0.15) is 16.7 Å². The molecule has 3 aromatic rings. The van der Waals surface area contributed by atoms with Gasteiger partial charge in [-0.15, -0.1) is 0 Å². The molecule has 0 saturated carbocycles. The Hall–Kier alpha value is -2.31. The molecule has 1 aromatic heterocycles. The maximum atomic E-state index is 14.2. The van der Waals surface area contributed by atoms with Crippen molar-refractivity contribution < 1.29 is 17.9 Å². The maximum absolute atomic E-state index is 14.2. The van der Waals surface area contributed by atoms with Crippen molar-refractivity contribution in [2.45, 2.75) is 11.8 Å². The van der Waals surface area contributed by atoms with Gasteiger partial charge < -0.3 is 4.74 Å². The van der Waals surface area contributed by atoms with E-state index in [1.165, 1.54) is 28.9 Å². The number of aromatic nitrogens is 2. The van der Waals surface area contributed by atoms with Crippen molar-refractivity contribution in [1.82, 2.24) is 9.78 Å². The monoisotopic (exact) mass is 527 g/mol. The van der Waals surface area contributed by atoms with Gasteiger partial charge in [0.05, 0.1) is 28.5 Å². The van der Waals surface area contributed by atoms with Gasteiger partial charge in [0, 0.05) is 16.2 Å². The molecular weight excluding hydrogens is 518 g/mol. The zero-order chi connectivity index (χ0) is 22.4. The van der Waals surface area contributed by atoms with Crippen LogP contribution in [0.25, 0.3) is 11.3 Å². The van der Waals surface area contributed by atoms with Crippen LogP contribution in [-0.4, -0.2) is 22.6 Å². The third-order valence-electron chi connectivity index (χ3n) is 4.83. The second-order valence-electron chi connectivity index (χ2n) is 6.80. The summed E-state index contributed by atoms with van der Waals surface area (Å²) in [4.78, 5) is 0. The Morgan fingerprint density at radius 3 is 2.45 bits per heavy atom. The van der Waals surface area contributed by atoms with Gasteiger partial charge in [0.1, 0.15) is 6.07 Å². The zero-order valence-corrected chi connectivity index (χ0v) is 18.5. The van der Waals surface area contributed by atoms with Crippen LogP contribution in [0.3, 0.4) is 0 Å². The summed E-state index contributed by atoms with van der Waals surface area (Å²) < 4.78 is 50.0. The molecule has 4 rings (SSSR count). The first-order valence-electron chi connectivity index (χ1n) is 8.77. The Morgan fingerprint density at radius 2 is 1.87 bits per heavy atom. The molecule has 2 heterocycles. The fraction of sp³-hybridized carbons (Fsp3) is 0.143. The van der Waals surface area contributed by atoms with E-state index in [0.29, 0.717) is 11.3 Å². The van der Waals surface area contributed by atoms with Gasteiger partial charge in [-0.05, 0) is 69.0 Å². The fourth-order valence-corrected chi connectivity index (χ4v) is 4.22. The molecular formula is C21H11BrCl2F3N3O. The number of hydrogen-bond donors (Lipinski definition) is 0. The summed E-state index contributed by atoms with van der Waals surface area (Å²) in [7, 11) is 0. The average Bonchev–Trinajstić information content (AvgIpc) is 3.34. The molecule has 0 spiro atoms. The zero-order valence-electron chi connectivity index (χ0n) is 15.4. The van der Waals surface area contributed by atoms with Crippen molar-refractivity contribution in [2.75, 3.05) is 6.61 Å². The van der Waals surface area contributed by atoms with Gasteiger partial charge in [-0.2, -0.15) is 23.5 Å². The molecule has 0 saturated heterocycles. The van der Waals surface area contributed by atoms with Crippen LogP contribution < -0.4 is 0 Å². The number of hydrogen-bond acceptors (Lipinski definition) is 3. The van der Waals surface area contributed by atoms with E-state index in [9.17, 15) is 18.4 Å². The van der Waals surface area contributed by atoms with Crippen LogP contribution in [-0.2, 0) is 10.3 Å². The molecule has 0 amide bonds. The molecule has 10 heteroatoms. The third-order valence-corrected chi connectivity index (χ3v) is 5.68. The largest absolute Gasteiger partial charge is 0.425 e. The van der Waals surface area contributed by atoms with Crippen LogP contribution in [0.4, 0.5) is 13.2 Å². The summed E-state index contributed by atoms with van der Waals surface area (Å²) in [6.07, 6.45) is -0.515. The van der Waals surface area contributed by atoms with Gasteiger partial charge >= 0.3 is 6.18 Å². The Bertz CT molecular complexity index is 1230. The summed E-state index contributed by atoms with van der Waals surface area (Å²) >= 11 is 15.2. The second-order valence-corrected chi connectivity index (χ2v) is 8.59. The van der Waals surface area contributed by atoms with Crippen molar-refractivity contribution in [2.24, 2.45) is 0 Å². The quantitative estimate of drug-likeness (QED) is 0.381. The first-order chi connectivity index (χ1) is 14.6. The molecule has 0 bridgehead atoms. The summed E-state index contributed by atoms with van der Waals surface area (Å²) in [6.45, 7) is -0.304. The summed E-state index contributed by atoms with van der Waals surface area (Å²) in [5, 5.41) is 13.8.